The SMILES string of the molecule is CC(CO)C(C)NCC(O)c1ccc(C(F)(F)F)cc1. The van der Waals surface area contributed by atoms with Crippen molar-refractivity contribution in [1.82, 2.24) is 5.32 Å². The molecule has 3 N–H and O–H groups in total. The Bertz CT molecular complexity index is 406. The Morgan fingerprint density at radius 1 is 1.15 bits per heavy atom. The minimum Gasteiger partial charge on any atom is -0.396 e. The molecule has 0 fully saturated rings. The number of nitrogens with one attached hydrogen (secondary N) is 1. The molecule has 0 radical (unpaired) electrons. The predicted octanol–water partition coefficient (Wildman–Crippen LogP) is 2.35. The van der Waals surface area contributed by atoms with E-state index < -0.39 is 17.8 Å². The first-order valence-corrected chi connectivity index (χ1v) is 6.45. The Morgan fingerprint density at radius 2 is 1.70 bits per heavy atom. The van der Waals surface area contributed by atoms with Crippen LogP contribution in [0, 0.1) is 5.92 Å². The van der Waals surface area contributed by atoms with Crippen LogP contribution in [0.3, 0.4) is 0 Å². The first kappa shape index (κ1) is 16.9. The van der Waals surface area contributed by atoms with Crippen molar-refractivity contribution in [3.05, 3.63) is 35.4 Å². The van der Waals surface area contributed by atoms with Crippen LogP contribution in [0.1, 0.15) is 31.1 Å². The Balaban J connectivity index is 2.58. The van der Waals surface area contributed by atoms with Gasteiger partial charge in [-0.1, -0.05) is 19.1 Å². The summed E-state index contributed by atoms with van der Waals surface area (Å²) in [4.78, 5) is 0. The summed E-state index contributed by atoms with van der Waals surface area (Å²) in [5.74, 6) is 0.0369. The lowest BCUT2D eigenvalue weighted by atomic mass is 10.0. The summed E-state index contributed by atoms with van der Waals surface area (Å²) in [6.07, 6.45) is -5.25. The molecule has 0 spiro atoms. The second-order valence-electron chi connectivity index (χ2n) is 4.99. The number of aliphatic hydroxyl groups excluding tert-OH is 2. The van der Waals surface area contributed by atoms with Crippen LogP contribution in [0.5, 0.6) is 0 Å². The molecule has 0 bridgehead atoms. The van der Waals surface area contributed by atoms with Crippen LogP contribution in [-0.4, -0.2) is 29.4 Å². The predicted molar refractivity (Wildman–Crippen MR) is 70.1 cm³/mol. The molecule has 1 aromatic rings. The maximum atomic E-state index is 12.4. The quantitative estimate of drug-likeness (QED) is 0.754. The van der Waals surface area contributed by atoms with Gasteiger partial charge in [0.2, 0.25) is 0 Å². The zero-order valence-corrected chi connectivity index (χ0v) is 11.5. The summed E-state index contributed by atoms with van der Waals surface area (Å²) in [5, 5.41) is 21.9. The minimum absolute atomic E-state index is 0.00379. The number of hydrogen-bond donors (Lipinski definition) is 3. The second kappa shape index (κ2) is 7.06. The van der Waals surface area contributed by atoms with Gasteiger partial charge in [-0.15, -0.1) is 0 Å². The van der Waals surface area contributed by atoms with Crippen molar-refractivity contribution in [1.29, 1.82) is 0 Å². The van der Waals surface area contributed by atoms with Crippen molar-refractivity contribution in [2.45, 2.75) is 32.2 Å². The van der Waals surface area contributed by atoms with Gasteiger partial charge in [0.15, 0.2) is 0 Å². The third-order valence-electron chi connectivity index (χ3n) is 3.40. The minimum atomic E-state index is -4.37. The summed E-state index contributed by atoms with van der Waals surface area (Å²) in [6.45, 7) is 3.99. The largest absolute Gasteiger partial charge is 0.416 e. The van der Waals surface area contributed by atoms with Crippen LogP contribution in [-0.2, 0) is 6.18 Å². The van der Waals surface area contributed by atoms with E-state index in [0.29, 0.717) is 5.56 Å². The molecular formula is C14H20F3NO2. The normalized spacial score (nSPS) is 16.8. The molecular weight excluding hydrogens is 271 g/mol. The summed E-state index contributed by atoms with van der Waals surface area (Å²) in [5.41, 5.74) is -0.307. The lowest BCUT2D eigenvalue weighted by molar-refractivity contribution is -0.137. The smallest absolute Gasteiger partial charge is 0.396 e. The maximum absolute atomic E-state index is 12.4. The highest BCUT2D eigenvalue weighted by Gasteiger charge is 2.30. The first-order chi connectivity index (χ1) is 9.25. The standard InChI is InChI=1S/C14H20F3NO2/c1-9(8-19)10(2)18-7-13(20)11-3-5-12(6-4-11)14(15,16)17/h3-6,9-10,13,18-20H,7-8H2,1-2H3. The molecule has 0 aliphatic carbocycles. The van der Waals surface area contributed by atoms with Crippen molar-refractivity contribution >= 4 is 0 Å². The molecule has 0 heterocycles. The number of hydrogen-bond acceptors (Lipinski definition) is 3. The summed E-state index contributed by atoms with van der Waals surface area (Å²) in [6, 6.07) is 4.46. The van der Waals surface area contributed by atoms with Crippen molar-refractivity contribution in [3.8, 4) is 0 Å². The van der Waals surface area contributed by atoms with Crippen LogP contribution in [0.15, 0.2) is 24.3 Å². The van der Waals surface area contributed by atoms with Gasteiger partial charge in [0.25, 0.3) is 0 Å². The van der Waals surface area contributed by atoms with Crippen molar-refractivity contribution in [2.24, 2.45) is 5.92 Å². The molecule has 0 saturated heterocycles. The third-order valence-corrected chi connectivity index (χ3v) is 3.40. The Labute approximate surface area is 116 Å². The van der Waals surface area contributed by atoms with E-state index in [9.17, 15) is 18.3 Å². The van der Waals surface area contributed by atoms with E-state index in [1.807, 2.05) is 13.8 Å². The summed E-state index contributed by atoms with van der Waals surface area (Å²) >= 11 is 0. The van der Waals surface area contributed by atoms with Crippen molar-refractivity contribution < 1.29 is 23.4 Å². The molecule has 1 aromatic carbocycles. The molecule has 114 valence electrons. The van der Waals surface area contributed by atoms with Gasteiger partial charge in [-0.3, -0.25) is 0 Å². The lowest BCUT2D eigenvalue weighted by Gasteiger charge is -2.21. The zero-order chi connectivity index (χ0) is 15.3. The van der Waals surface area contributed by atoms with Gasteiger partial charge in [0.05, 0.1) is 11.7 Å². The zero-order valence-electron chi connectivity index (χ0n) is 11.5. The molecule has 3 atom stereocenters. The Hall–Kier alpha value is -1.11. The van der Waals surface area contributed by atoms with E-state index in [-0.39, 0.29) is 25.1 Å². The van der Waals surface area contributed by atoms with Crippen LogP contribution < -0.4 is 5.32 Å². The topological polar surface area (TPSA) is 52.5 Å². The van der Waals surface area contributed by atoms with Gasteiger partial charge in [0.1, 0.15) is 0 Å². The second-order valence-corrected chi connectivity index (χ2v) is 4.99. The van der Waals surface area contributed by atoms with Gasteiger partial charge < -0.3 is 15.5 Å². The molecule has 0 aromatic heterocycles. The van der Waals surface area contributed by atoms with Gasteiger partial charge in [-0.2, -0.15) is 13.2 Å². The lowest BCUT2D eigenvalue weighted by Crippen LogP contribution is -2.36. The highest BCUT2D eigenvalue weighted by atomic mass is 19.4. The molecule has 0 aliphatic rings. The fourth-order valence-electron chi connectivity index (χ4n) is 1.67. The van der Waals surface area contributed by atoms with Crippen LogP contribution in [0.2, 0.25) is 0 Å². The van der Waals surface area contributed by atoms with Crippen LogP contribution in [0.4, 0.5) is 13.2 Å². The molecule has 3 nitrogen and oxygen atoms in total. The molecule has 0 aliphatic heterocycles. The van der Waals surface area contributed by atoms with E-state index >= 15 is 0 Å². The maximum Gasteiger partial charge on any atom is 0.416 e. The number of halogens is 3. The van der Waals surface area contributed by atoms with Crippen molar-refractivity contribution in [3.63, 3.8) is 0 Å². The summed E-state index contributed by atoms with van der Waals surface area (Å²) in [7, 11) is 0. The Morgan fingerprint density at radius 3 is 2.15 bits per heavy atom. The van der Waals surface area contributed by atoms with Gasteiger partial charge in [-0.25, -0.2) is 0 Å². The number of rotatable bonds is 6. The van der Waals surface area contributed by atoms with Crippen molar-refractivity contribution in [2.75, 3.05) is 13.2 Å². The van der Waals surface area contributed by atoms with E-state index in [2.05, 4.69) is 5.32 Å². The Kier molecular flexibility index (Phi) is 5.98. The van der Waals surface area contributed by atoms with E-state index in [1.165, 1.54) is 12.1 Å². The highest BCUT2D eigenvalue weighted by Crippen LogP contribution is 2.29. The average molecular weight is 291 g/mol. The van der Waals surface area contributed by atoms with Gasteiger partial charge >= 0.3 is 6.18 Å². The molecule has 0 saturated carbocycles. The van der Waals surface area contributed by atoms with E-state index in [4.69, 9.17) is 5.11 Å². The fraction of sp³-hybridized carbons (Fsp3) is 0.571. The first-order valence-electron chi connectivity index (χ1n) is 6.45. The van der Waals surface area contributed by atoms with Crippen LogP contribution in [0.25, 0.3) is 0 Å². The van der Waals surface area contributed by atoms with E-state index in [0.717, 1.165) is 12.1 Å². The fourth-order valence-corrected chi connectivity index (χ4v) is 1.67. The number of aliphatic hydroxyl groups is 2. The van der Waals surface area contributed by atoms with E-state index in [1.54, 1.807) is 0 Å². The van der Waals surface area contributed by atoms with Gasteiger partial charge in [0, 0.05) is 19.2 Å². The summed E-state index contributed by atoms with van der Waals surface area (Å²) < 4.78 is 37.2. The van der Waals surface area contributed by atoms with Crippen LogP contribution >= 0.6 is 0 Å². The molecule has 3 unspecified atom stereocenters. The number of alkyl halides is 3. The number of benzene rings is 1. The average Bonchev–Trinajstić information content (AvgIpc) is 2.42. The van der Waals surface area contributed by atoms with Gasteiger partial charge in [-0.05, 0) is 30.5 Å². The third kappa shape index (κ3) is 4.77. The highest BCUT2D eigenvalue weighted by molar-refractivity contribution is 5.26. The molecule has 6 heteroatoms. The molecule has 20 heavy (non-hydrogen) atoms. The molecule has 1 rings (SSSR count). The molecule has 0 amide bonds. The monoisotopic (exact) mass is 291 g/mol.